The van der Waals surface area contributed by atoms with Crippen molar-refractivity contribution in [3.8, 4) is 23.1 Å². The van der Waals surface area contributed by atoms with Crippen LogP contribution in [0, 0.1) is 11.3 Å². The molecule has 3 heterocycles. The van der Waals surface area contributed by atoms with Crippen LogP contribution in [0.25, 0.3) is 22.0 Å². The fourth-order valence-electron chi connectivity index (χ4n) is 3.73. The monoisotopic (exact) mass is 472 g/mol. The summed E-state index contributed by atoms with van der Waals surface area (Å²) < 4.78 is 32.9. The van der Waals surface area contributed by atoms with E-state index in [0.29, 0.717) is 37.3 Å². The van der Waals surface area contributed by atoms with Crippen LogP contribution in [0.3, 0.4) is 0 Å². The van der Waals surface area contributed by atoms with Gasteiger partial charge in [-0.1, -0.05) is 6.07 Å². The third kappa shape index (κ3) is 4.55. The standard InChI is InChI=1S/C21H21ClN6O3S/c1-31-21-19(26-32(2,29)30)10-15(12-25-21)14-3-4-18-17(9-14)20(16(11-23)13-24-18)27-5-7-28(22)8-6-27/h3-4,9-10,12-13,26H,5-8H2,1-2H3. The Bertz CT molecular complexity index is 1320. The van der Waals surface area contributed by atoms with Crippen LogP contribution in [-0.4, -0.2) is 62.3 Å². The van der Waals surface area contributed by atoms with Gasteiger partial charge in [-0.05, 0) is 35.5 Å². The highest BCUT2D eigenvalue weighted by Gasteiger charge is 2.21. The van der Waals surface area contributed by atoms with Gasteiger partial charge in [-0.2, -0.15) is 5.26 Å². The van der Waals surface area contributed by atoms with Crippen LogP contribution in [-0.2, 0) is 10.0 Å². The van der Waals surface area contributed by atoms with E-state index in [9.17, 15) is 13.7 Å². The van der Waals surface area contributed by atoms with Crippen molar-refractivity contribution in [1.29, 1.82) is 5.26 Å². The van der Waals surface area contributed by atoms with Gasteiger partial charge < -0.3 is 9.64 Å². The molecular weight excluding hydrogens is 452 g/mol. The van der Waals surface area contributed by atoms with Gasteiger partial charge in [0.2, 0.25) is 15.9 Å². The number of nitrogens with one attached hydrogen (secondary N) is 1. The summed E-state index contributed by atoms with van der Waals surface area (Å²) >= 11 is 6.12. The van der Waals surface area contributed by atoms with E-state index < -0.39 is 10.0 Å². The second kappa shape index (κ2) is 8.78. The van der Waals surface area contributed by atoms with Crippen molar-refractivity contribution in [2.45, 2.75) is 0 Å². The number of benzene rings is 1. The Labute approximate surface area is 191 Å². The van der Waals surface area contributed by atoms with E-state index >= 15 is 0 Å². The number of fused-ring (bicyclic) bond motifs is 1. The summed E-state index contributed by atoms with van der Waals surface area (Å²) in [5.41, 5.74) is 3.81. The SMILES string of the molecule is COc1ncc(-c2ccc3ncc(C#N)c(N4CCN(Cl)CC4)c3c2)cc1NS(C)(=O)=O. The number of nitriles is 1. The van der Waals surface area contributed by atoms with E-state index in [1.807, 2.05) is 18.2 Å². The van der Waals surface area contributed by atoms with Crippen LogP contribution in [0.4, 0.5) is 11.4 Å². The number of halogens is 1. The number of piperazine rings is 1. The van der Waals surface area contributed by atoms with E-state index in [2.05, 4.69) is 25.7 Å². The molecule has 0 unspecified atom stereocenters. The van der Waals surface area contributed by atoms with Crippen LogP contribution < -0.4 is 14.4 Å². The number of anilines is 2. The van der Waals surface area contributed by atoms with Crippen LogP contribution in [0.2, 0.25) is 0 Å². The number of ether oxygens (including phenoxy) is 1. The number of pyridine rings is 2. The van der Waals surface area contributed by atoms with Gasteiger partial charge in [0.15, 0.2) is 0 Å². The number of sulfonamides is 1. The molecule has 0 aliphatic carbocycles. The molecule has 1 N–H and O–H groups in total. The van der Waals surface area contributed by atoms with Gasteiger partial charge in [-0.3, -0.25) is 9.71 Å². The van der Waals surface area contributed by atoms with Gasteiger partial charge in [0, 0.05) is 49.5 Å². The van der Waals surface area contributed by atoms with Crippen molar-refractivity contribution in [2.24, 2.45) is 0 Å². The zero-order valence-electron chi connectivity index (χ0n) is 17.5. The second-order valence-corrected chi connectivity index (χ2v) is 9.64. The first kappa shape index (κ1) is 22.1. The third-order valence-corrected chi connectivity index (χ3v) is 6.10. The van der Waals surface area contributed by atoms with Gasteiger partial charge in [0.1, 0.15) is 11.8 Å². The molecule has 0 bridgehead atoms. The van der Waals surface area contributed by atoms with E-state index in [4.69, 9.17) is 16.5 Å². The molecule has 0 atom stereocenters. The van der Waals surface area contributed by atoms with Crippen LogP contribution in [0.5, 0.6) is 5.88 Å². The largest absolute Gasteiger partial charge is 0.480 e. The topological polar surface area (TPSA) is 111 Å². The molecule has 3 aromatic rings. The van der Waals surface area contributed by atoms with Crippen LogP contribution in [0.15, 0.2) is 36.7 Å². The first-order valence-electron chi connectivity index (χ1n) is 9.80. The molecule has 166 valence electrons. The first-order valence-corrected chi connectivity index (χ1v) is 12.0. The van der Waals surface area contributed by atoms with Crippen molar-refractivity contribution in [2.75, 3.05) is 49.2 Å². The van der Waals surface area contributed by atoms with E-state index in [0.717, 1.165) is 28.4 Å². The number of rotatable bonds is 5. The molecule has 0 spiro atoms. The Morgan fingerprint density at radius 2 is 1.88 bits per heavy atom. The summed E-state index contributed by atoms with van der Waals surface area (Å²) in [6.45, 7) is 2.74. The molecule has 0 radical (unpaired) electrons. The lowest BCUT2D eigenvalue weighted by Crippen LogP contribution is -2.42. The Morgan fingerprint density at radius 3 is 2.53 bits per heavy atom. The number of hydrogen-bond acceptors (Lipinski definition) is 8. The molecule has 1 fully saturated rings. The third-order valence-electron chi connectivity index (χ3n) is 5.17. The van der Waals surface area contributed by atoms with Gasteiger partial charge in [0.25, 0.3) is 0 Å². The summed E-state index contributed by atoms with van der Waals surface area (Å²) in [5, 5.41) is 10.5. The van der Waals surface area contributed by atoms with Crippen molar-refractivity contribution in [1.82, 2.24) is 14.4 Å². The highest BCUT2D eigenvalue weighted by molar-refractivity contribution is 7.92. The molecule has 1 saturated heterocycles. The smallest absolute Gasteiger partial charge is 0.238 e. The Morgan fingerprint density at radius 1 is 1.12 bits per heavy atom. The minimum atomic E-state index is -3.52. The average molecular weight is 473 g/mol. The van der Waals surface area contributed by atoms with Crippen LogP contribution >= 0.6 is 11.8 Å². The van der Waals surface area contributed by atoms with Crippen molar-refractivity contribution >= 4 is 44.1 Å². The number of nitrogens with zero attached hydrogens (tertiary/aromatic N) is 5. The van der Waals surface area contributed by atoms with Crippen LogP contribution in [0.1, 0.15) is 5.56 Å². The maximum Gasteiger partial charge on any atom is 0.238 e. The fraction of sp³-hybridized carbons (Fsp3) is 0.286. The first-order chi connectivity index (χ1) is 15.3. The van der Waals surface area contributed by atoms with Crippen molar-refractivity contribution in [3.05, 3.63) is 42.2 Å². The number of aromatic nitrogens is 2. The minimum absolute atomic E-state index is 0.174. The quantitative estimate of drug-likeness (QED) is 0.564. The van der Waals surface area contributed by atoms with Gasteiger partial charge in [0.05, 0.1) is 30.1 Å². The average Bonchev–Trinajstić information content (AvgIpc) is 2.77. The van der Waals surface area contributed by atoms with Gasteiger partial charge >= 0.3 is 0 Å². The second-order valence-electron chi connectivity index (χ2n) is 7.42. The molecule has 1 aliphatic rings. The molecule has 1 aliphatic heterocycles. The molecule has 0 saturated carbocycles. The highest BCUT2D eigenvalue weighted by atomic mass is 35.5. The number of methoxy groups -OCH3 is 1. The normalized spacial score (nSPS) is 14.9. The lowest BCUT2D eigenvalue weighted by Gasteiger charge is -2.33. The Balaban J connectivity index is 1.84. The lowest BCUT2D eigenvalue weighted by molar-refractivity contribution is 0.400. The Kier molecular flexibility index (Phi) is 6.06. The molecule has 11 heteroatoms. The molecular formula is C21H21ClN6O3S. The molecule has 1 aromatic carbocycles. The summed E-state index contributed by atoms with van der Waals surface area (Å²) in [7, 11) is -2.09. The summed E-state index contributed by atoms with van der Waals surface area (Å²) in [6.07, 6.45) is 4.27. The van der Waals surface area contributed by atoms with E-state index in [-0.39, 0.29) is 11.6 Å². The van der Waals surface area contributed by atoms with E-state index in [1.165, 1.54) is 7.11 Å². The zero-order valence-corrected chi connectivity index (χ0v) is 19.1. The fourth-order valence-corrected chi connectivity index (χ4v) is 4.43. The van der Waals surface area contributed by atoms with Crippen molar-refractivity contribution in [3.63, 3.8) is 0 Å². The van der Waals surface area contributed by atoms with Gasteiger partial charge in [-0.25, -0.2) is 17.8 Å². The molecule has 9 nitrogen and oxygen atoms in total. The summed E-state index contributed by atoms with van der Waals surface area (Å²) in [6, 6.07) is 9.62. The zero-order chi connectivity index (χ0) is 22.9. The van der Waals surface area contributed by atoms with Gasteiger partial charge in [-0.15, -0.1) is 0 Å². The molecule has 0 amide bonds. The maximum absolute atomic E-state index is 11.8. The number of hydrogen-bond donors (Lipinski definition) is 1. The predicted octanol–water partition coefficient (Wildman–Crippen LogP) is 2.82. The highest BCUT2D eigenvalue weighted by Crippen LogP contribution is 2.35. The summed E-state index contributed by atoms with van der Waals surface area (Å²) in [4.78, 5) is 10.8. The molecule has 2 aromatic heterocycles. The molecule has 32 heavy (non-hydrogen) atoms. The molecule has 4 rings (SSSR count). The lowest BCUT2D eigenvalue weighted by atomic mass is 10.0. The minimum Gasteiger partial charge on any atom is -0.480 e. The Hall–Kier alpha value is -3.13. The predicted molar refractivity (Wildman–Crippen MR) is 124 cm³/mol. The van der Waals surface area contributed by atoms with E-state index in [1.54, 1.807) is 22.9 Å². The summed E-state index contributed by atoms with van der Waals surface area (Å²) in [5.74, 6) is 0.174. The maximum atomic E-state index is 11.8. The van der Waals surface area contributed by atoms with Crippen molar-refractivity contribution < 1.29 is 13.2 Å².